The smallest absolute Gasteiger partial charge is 0.253 e. The van der Waals surface area contributed by atoms with Crippen LogP contribution in [0.3, 0.4) is 0 Å². The fourth-order valence-corrected chi connectivity index (χ4v) is 0.271. The van der Waals surface area contributed by atoms with Gasteiger partial charge in [-0.25, -0.2) is 0 Å². The lowest BCUT2D eigenvalue weighted by molar-refractivity contribution is -0.215. The Bertz CT molecular complexity index is 158. The highest BCUT2D eigenvalue weighted by atomic mass is 16.5. The normalized spacial score (nSPS) is 22.3. The van der Waals surface area contributed by atoms with Crippen molar-refractivity contribution < 1.29 is 30.3 Å². The van der Waals surface area contributed by atoms with E-state index in [-0.39, 0.29) is 0 Å². The Morgan fingerprint density at radius 3 is 2.70 bits per heavy atom. The van der Waals surface area contributed by atoms with Crippen LogP contribution < -0.4 is 0 Å². The summed E-state index contributed by atoms with van der Waals surface area (Å²) in [7, 11) is 0. The van der Waals surface area contributed by atoms with E-state index in [1.54, 1.807) is 0 Å². The van der Waals surface area contributed by atoms with Gasteiger partial charge < -0.3 is 25.5 Å². The molecule has 5 N–H and O–H groups in total. The summed E-state index contributed by atoms with van der Waals surface area (Å²) in [5.41, 5.74) is 0. The maximum atomic E-state index is 10.7. The summed E-state index contributed by atoms with van der Waals surface area (Å²) in [6.45, 7) is -1.21. The lowest BCUT2D eigenvalue weighted by atomic mass is 10.2. The summed E-state index contributed by atoms with van der Waals surface area (Å²) in [5, 5.41) is 32.6. The van der Waals surface area contributed by atoms with Gasteiger partial charge in [0.2, 0.25) is 14.9 Å². The summed E-state index contributed by atoms with van der Waals surface area (Å²) < 4.78 is 12.3. The van der Waals surface area contributed by atoms with Gasteiger partial charge in [0.05, 0.1) is 0 Å². The van der Waals surface area contributed by atoms with Gasteiger partial charge in [-0.1, -0.05) is 0 Å². The Morgan fingerprint density at radius 1 is 1.80 bits per heavy atom. The highest BCUT2D eigenvalue weighted by Crippen LogP contribution is 2.01. The van der Waals surface area contributed by atoms with E-state index in [9.17, 15) is 4.79 Å². The number of rotatable bonds is 5. The zero-order chi connectivity index (χ0) is 9.78. The molecule has 0 aliphatic carbocycles. The Morgan fingerprint density at radius 2 is 2.40 bits per heavy atom. The van der Waals surface area contributed by atoms with Crippen molar-refractivity contribution in [1.82, 2.24) is 0 Å². The summed E-state index contributed by atoms with van der Waals surface area (Å²) in [4.78, 5) is 10.7. The number of hydrogen-bond donors (Lipinski definition) is 5. The molecular weight excluding hydrogens is 144 g/mol. The second-order valence-corrected chi connectivity index (χ2v) is 1.66. The fraction of sp³-hybridized carbons (Fsp3) is 0.750. The van der Waals surface area contributed by atoms with Gasteiger partial charge in [-0.3, -0.25) is 4.79 Å². The SMILES string of the molecule is [2H]OC(O)C(=O)[C@](O)(CO)O[2H]. The van der Waals surface area contributed by atoms with Crippen LogP contribution >= 0.6 is 0 Å². The second-order valence-electron chi connectivity index (χ2n) is 1.66. The molecule has 0 saturated carbocycles. The molecule has 0 aromatic carbocycles. The maximum Gasteiger partial charge on any atom is 0.253 e. The molecule has 0 bridgehead atoms. The number of Topliss-reactive ketones (excluding diaryl/α,β-unsaturated/α-hetero) is 1. The minimum absolute atomic E-state index is 1.21. The lowest BCUT2D eigenvalue weighted by Crippen LogP contribution is -2.47. The van der Waals surface area contributed by atoms with Crippen LogP contribution in [0.15, 0.2) is 0 Å². The van der Waals surface area contributed by atoms with Crippen molar-refractivity contribution in [2.45, 2.75) is 12.1 Å². The van der Waals surface area contributed by atoms with Crippen LogP contribution in [-0.4, -0.2) is 52.9 Å². The number of ketones is 1. The molecule has 0 spiro atoms. The van der Waals surface area contributed by atoms with E-state index >= 15 is 0 Å². The molecule has 1 unspecified atom stereocenters. The molecule has 10 heavy (non-hydrogen) atoms. The minimum Gasteiger partial charge on any atom is -0.390 e. The third-order valence-corrected chi connectivity index (χ3v) is 0.824. The summed E-state index contributed by atoms with van der Waals surface area (Å²) in [5.74, 6) is -4.37. The van der Waals surface area contributed by atoms with Gasteiger partial charge in [-0.2, -0.15) is 0 Å². The molecule has 2 atom stereocenters. The molecular formula is C4H8O6. The van der Waals surface area contributed by atoms with Crippen molar-refractivity contribution in [2.75, 3.05) is 6.61 Å². The zero-order valence-electron chi connectivity index (χ0n) is 6.85. The first-order valence-electron chi connectivity index (χ1n) is 3.15. The van der Waals surface area contributed by atoms with E-state index < -0.39 is 24.5 Å². The van der Waals surface area contributed by atoms with Gasteiger partial charge in [0.1, 0.15) is 6.61 Å². The van der Waals surface area contributed by atoms with Gasteiger partial charge in [0, 0.05) is 0 Å². The molecule has 0 aliphatic heterocycles. The van der Waals surface area contributed by atoms with Gasteiger partial charge in [0.25, 0.3) is 5.79 Å². The first-order valence-corrected chi connectivity index (χ1v) is 2.33. The molecule has 0 fully saturated rings. The number of aliphatic hydroxyl groups excluding tert-OH is 2. The number of hydrogen-bond acceptors (Lipinski definition) is 6. The molecule has 0 rings (SSSR count). The summed E-state index contributed by atoms with van der Waals surface area (Å²) in [6, 6.07) is 0. The van der Waals surface area contributed by atoms with Crippen LogP contribution in [0.5, 0.6) is 0 Å². The van der Waals surface area contributed by atoms with E-state index in [1.165, 1.54) is 0 Å². The molecule has 0 heterocycles. The topological polar surface area (TPSA) is 118 Å². The highest BCUT2D eigenvalue weighted by Gasteiger charge is 2.36. The van der Waals surface area contributed by atoms with E-state index in [1.807, 2.05) is 0 Å². The van der Waals surface area contributed by atoms with Gasteiger partial charge in [-0.05, 0) is 0 Å². The molecule has 6 nitrogen and oxygen atoms in total. The molecule has 0 aromatic heterocycles. The lowest BCUT2D eigenvalue weighted by Gasteiger charge is -2.17. The predicted octanol–water partition coefficient (Wildman–Crippen LogP) is -3.46. The fourth-order valence-electron chi connectivity index (χ4n) is 0.271. The van der Waals surface area contributed by atoms with Crippen LogP contribution in [0.4, 0.5) is 0 Å². The Labute approximate surface area is 59.0 Å². The van der Waals surface area contributed by atoms with Crippen molar-refractivity contribution >= 4 is 5.78 Å². The third kappa shape index (κ3) is 2.01. The quantitative estimate of drug-likeness (QED) is 0.263. The van der Waals surface area contributed by atoms with Crippen LogP contribution in [0.2, 0.25) is 0 Å². The maximum absolute atomic E-state index is 10.7. The standard InChI is InChI=1S/C4H8O6/c5-1-4(9,10)2(6)3(7)8/h3,5,7-10H,1H2/i7D,9D/t3?,4-/m1/s1. The molecule has 0 aliphatic rings. The average molecular weight is 154 g/mol. The van der Waals surface area contributed by atoms with Gasteiger partial charge in [0.15, 0.2) is 0 Å². The molecule has 0 amide bonds. The Balaban J connectivity index is 4.41. The van der Waals surface area contributed by atoms with Gasteiger partial charge >= 0.3 is 0 Å². The summed E-state index contributed by atoms with van der Waals surface area (Å²) >= 11 is 0. The van der Waals surface area contributed by atoms with E-state index in [2.05, 4.69) is 10.2 Å². The number of aliphatic hydroxyl groups is 5. The van der Waals surface area contributed by atoms with Crippen molar-refractivity contribution in [3.63, 3.8) is 0 Å². The highest BCUT2D eigenvalue weighted by molar-refractivity contribution is 5.87. The van der Waals surface area contributed by atoms with E-state index in [4.69, 9.17) is 18.2 Å². The van der Waals surface area contributed by atoms with E-state index in [0.29, 0.717) is 0 Å². The predicted molar refractivity (Wildman–Crippen MR) is 27.5 cm³/mol. The van der Waals surface area contributed by atoms with Gasteiger partial charge in [-0.15, -0.1) is 0 Å². The third-order valence-electron chi connectivity index (χ3n) is 0.824. The molecule has 0 aromatic rings. The second kappa shape index (κ2) is 3.04. The van der Waals surface area contributed by atoms with Crippen molar-refractivity contribution in [2.24, 2.45) is 0 Å². The van der Waals surface area contributed by atoms with Crippen molar-refractivity contribution in [1.29, 1.82) is 2.86 Å². The largest absolute Gasteiger partial charge is 0.390 e. The van der Waals surface area contributed by atoms with Crippen LogP contribution in [0.1, 0.15) is 0 Å². The molecule has 6 heteroatoms. The zero-order valence-corrected chi connectivity index (χ0v) is 4.85. The molecule has 0 saturated heterocycles. The minimum atomic E-state index is -2.85. The van der Waals surface area contributed by atoms with Crippen LogP contribution in [0, 0.1) is 0 Å². The monoisotopic (exact) mass is 154 g/mol. The summed E-state index contributed by atoms with van der Waals surface area (Å²) in [6.07, 6.45) is -2.26. The number of carbonyl (C=O) groups is 1. The molecule has 60 valence electrons. The van der Waals surface area contributed by atoms with Crippen molar-refractivity contribution in [3.05, 3.63) is 0 Å². The number of carbonyl (C=O) groups excluding carboxylic acids is 1. The molecule has 0 radical (unpaired) electrons. The first kappa shape index (κ1) is 6.20. The Kier molecular flexibility index (Phi) is 1.88. The average Bonchev–Trinajstić information content (AvgIpc) is 2.14. The first-order chi connectivity index (χ1) is 5.51. The Hall–Kier alpha value is -0.530. The van der Waals surface area contributed by atoms with Crippen molar-refractivity contribution in [3.8, 4) is 0 Å². The van der Waals surface area contributed by atoms with Crippen LogP contribution in [-0.2, 0) is 4.79 Å². The van der Waals surface area contributed by atoms with E-state index in [0.717, 1.165) is 0 Å². The van der Waals surface area contributed by atoms with Crippen LogP contribution in [0.25, 0.3) is 0 Å².